The van der Waals surface area contributed by atoms with Crippen molar-refractivity contribution in [3.8, 4) is 17.2 Å². The molecule has 4 rings (SSSR count). The van der Waals surface area contributed by atoms with E-state index in [4.69, 9.17) is 9.47 Å². The summed E-state index contributed by atoms with van der Waals surface area (Å²) in [7, 11) is 1.92. The van der Waals surface area contributed by atoms with Gasteiger partial charge >= 0.3 is 6.09 Å². The summed E-state index contributed by atoms with van der Waals surface area (Å²) in [5.41, 5.74) is 3.48. The highest BCUT2D eigenvalue weighted by Gasteiger charge is 2.31. The third-order valence-electron chi connectivity index (χ3n) is 6.17. The Morgan fingerprint density at radius 3 is 2.65 bits per heavy atom. The van der Waals surface area contributed by atoms with Gasteiger partial charge in [-0.25, -0.2) is 4.79 Å². The second-order valence-electron chi connectivity index (χ2n) is 10.3. The van der Waals surface area contributed by atoms with Crippen LogP contribution in [-0.4, -0.2) is 64.1 Å². The second kappa shape index (κ2) is 11.0. The lowest BCUT2D eigenvalue weighted by Crippen LogP contribution is -2.48. The Kier molecular flexibility index (Phi) is 7.79. The molecule has 2 amide bonds. The summed E-state index contributed by atoms with van der Waals surface area (Å²) in [4.78, 5) is 26.9. The van der Waals surface area contributed by atoms with Crippen molar-refractivity contribution < 1.29 is 19.1 Å². The molecule has 1 fully saturated rings. The quantitative estimate of drug-likeness (QED) is 0.567. The summed E-state index contributed by atoms with van der Waals surface area (Å²) >= 11 is 0. The summed E-state index contributed by atoms with van der Waals surface area (Å²) in [6.07, 6.45) is 1.45. The molecule has 0 spiro atoms. The van der Waals surface area contributed by atoms with E-state index >= 15 is 0 Å². The van der Waals surface area contributed by atoms with Crippen molar-refractivity contribution in [3.63, 3.8) is 0 Å². The molecule has 3 aromatic rings. The molecule has 1 N–H and O–H groups in total. The summed E-state index contributed by atoms with van der Waals surface area (Å²) in [6, 6.07) is 15.6. The standard InChI is InChI=1S/C28H33N5O4/c1-28(2,3)37-27(35)33-12-5-13-36-25(18-33)26(34)31-23(16-29)14-19-6-8-20(9-7-19)21-10-11-22-17-30-32(4)24(22)15-21/h6-11,15,17,23,25H,5,12-14,18H2,1-4H3,(H,31,34)/t23-,25-/m0/s1. The summed E-state index contributed by atoms with van der Waals surface area (Å²) < 4.78 is 13.0. The molecule has 9 nitrogen and oxygen atoms in total. The molecular formula is C28H33N5O4. The lowest BCUT2D eigenvalue weighted by atomic mass is 10.00. The largest absolute Gasteiger partial charge is 0.444 e. The molecule has 2 aromatic carbocycles. The van der Waals surface area contributed by atoms with E-state index in [1.54, 1.807) is 20.8 Å². The van der Waals surface area contributed by atoms with Gasteiger partial charge in [0.1, 0.15) is 11.6 Å². The number of rotatable bonds is 5. The highest BCUT2D eigenvalue weighted by atomic mass is 16.6. The molecule has 2 atom stereocenters. The van der Waals surface area contributed by atoms with Crippen LogP contribution in [0.15, 0.2) is 48.7 Å². The maximum absolute atomic E-state index is 12.9. The molecule has 0 saturated carbocycles. The topological polar surface area (TPSA) is 109 Å². The summed E-state index contributed by atoms with van der Waals surface area (Å²) in [6.45, 7) is 6.27. The first-order valence-electron chi connectivity index (χ1n) is 12.4. The van der Waals surface area contributed by atoms with Crippen molar-refractivity contribution >= 4 is 22.9 Å². The van der Waals surface area contributed by atoms with Gasteiger partial charge in [0.25, 0.3) is 5.91 Å². The van der Waals surface area contributed by atoms with Gasteiger partial charge in [-0.1, -0.05) is 36.4 Å². The first-order valence-corrected chi connectivity index (χ1v) is 12.4. The maximum atomic E-state index is 12.9. The summed E-state index contributed by atoms with van der Waals surface area (Å²) in [5.74, 6) is -0.414. The van der Waals surface area contributed by atoms with Crippen LogP contribution in [0.1, 0.15) is 32.8 Å². The molecule has 1 saturated heterocycles. The van der Waals surface area contributed by atoms with Crippen LogP contribution >= 0.6 is 0 Å². The smallest absolute Gasteiger partial charge is 0.410 e. The SMILES string of the molecule is Cn1ncc2ccc(-c3ccc(C[C@@H](C#N)NC(=O)[C@@H]4CN(C(=O)OC(C)(C)C)CCCO4)cc3)cc21. The first kappa shape index (κ1) is 26.2. The van der Waals surface area contributed by atoms with Gasteiger partial charge in [-0.15, -0.1) is 0 Å². The number of nitrogens with zero attached hydrogens (tertiary/aromatic N) is 4. The van der Waals surface area contributed by atoms with Crippen molar-refractivity contribution in [2.75, 3.05) is 19.7 Å². The molecule has 0 unspecified atom stereocenters. The van der Waals surface area contributed by atoms with E-state index in [9.17, 15) is 14.9 Å². The van der Waals surface area contributed by atoms with Gasteiger partial charge in [0.05, 0.1) is 24.3 Å². The molecule has 1 aliphatic rings. The third kappa shape index (κ3) is 6.66. The fourth-order valence-corrected chi connectivity index (χ4v) is 4.26. The Morgan fingerprint density at radius 1 is 1.22 bits per heavy atom. The van der Waals surface area contributed by atoms with Gasteiger partial charge in [0, 0.05) is 32.0 Å². The van der Waals surface area contributed by atoms with Crippen LogP contribution in [0.4, 0.5) is 4.79 Å². The molecule has 0 aliphatic carbocycles. The van der Waals surface area contributed by atoms with Gasteiger partial charge < -0.3 is 19.7 Å². The minimum atomic E-state index is -0.866. The Hall–Kier alpha value is -3.90. The van der Waals surface area contributed by atoms with E-state index in [-0.39, 0.29) is 6.54 Å². The van der Waals surface area contributed by atoms with Crippen LogP contribution < -0.4 is 5.32 Å². The summed E-state index contributed by atoms with van der Waals surface area (Å²) in [5, 5.41) is 17.9. The molecule has 0 bridgehead atoms. The van der Waals surface area contributed by atoms with Crippen LogP contribution in [0.2, 0.25) is 0 Å². The lowest BCUT2D eigenvalue weighted by molar-refractivity contribution is -0.133. The van der Waals surface area contributed by atoms with Crippen LogP contribution in [0.3, 0.4) is 0 Å². The molecule has 0 radical (unpaired) electrons. The van der Waals surface area contributed by atoms with E-state index in [1.165, 1.54) is 4.90 Å². The number of fused-ring (bicyclic) bond motifs is 1. The van der Waals surface area contributed by atoms with Crippen molar-refractivity contribution in [1.82, 2.24) is 20.0 Å². The van der Waals surface area contributed by atoms with E-state index in [0.717, 1.165) is 27.6 Å². The normalized spacial score (nSPS) is 17.1. The lowest BCUT2D eigenvalue weighted by Gasteiger charge is -2.27. The van der Waals surface area contributed by atoms with Gasteiger partial charge in [-0.05, 0) is 49.9 Å². The monoisotopic (exact) mass is 503 g/mol. The molecule has 1 aromatic heterocycles. The number of aryl methyl sites for hydroxylation is 1. The number of amides is 2. The number of aromatic nitrogens is 2. The molecular weight excluding hydrogens is 470 g/mol. The van der Waals surface area contributed by atoms with E-state index in [0.29, 0.717) is 26.0 Å². The fraction of sp³-hybridized carbons (Fsp3) is 0.429. The zero-order valence-electron chi connectivity index (χ0n) is 21.7. The number of carbonyl (C=O) groups excluding carboxylic acids is 2. The van der Waals surface area contributed by atoms with Gasteiger partial charge in [-0.3, -0.25) is 9.48 Å². The Bertz CT molecular complexity index is 1300. The van der Waals surface area contributed by atoms with E-state index in [1.807, 2.05) is 48.3 Å². The predicted molar refractivity (Wildman–Crippen MR) is 140 cm³/mol. The van der Waals surface area contributed by atoms with Crippen molar-refractivity contribution in [1.29, 1.82) is 5.26 Å². The van der Waals surface area contributed by atoms with Crippen molar-refractivity contribution in [2.45, 2.75) is 51.4 Å². The third-order valence-corrected chi connectivity index (χ3v) is 6.17. The molecule has 9 heteroatoms. The van der Waals surface area contributed by atoms with Gasteiger partial charge in [-0.2, -0.15) is 10.4 Å². The highest BCUT2D eigenvalue weighted by Crippen LogP contribution is 2.25. The second-order valence-corrected chi connectivity index (χ2v) is 10.3. The fourth-order valence-electron chi connectivity index (χ4n) is 4.26. The zero-order chi connectivity index (χ0) is 26.6. The Morgan fingerprint density at radius 2 is 1.95 bits per heavy atom. The average molecular weight is 504 g/mol. The van der Waals surface area contributed by atoms with E-state index in [2.05, 4.69) is 28.6 Å². The number of carbonyl (C=O) groups is 2. The van der Waals surface area contributed by atoms with Gasteiger partial charge in [0.2, 0.25) is 0 Å². The minimum absolute atomic E-state index is 0.0780. The Balaban J connectivity index is 1.38. The molecule has 2 heterocycles. The zero-order valence-corrected chi connectivity index (χ0v) is 21.7. The maximum Gasteiger partial charge on any atom is 0.410 e. The predicted octanol–water partition coefficient (Wildman–Crippen LogP) is 3.82. The molecule has 37 heavy (non-hydrogen) atoms. The minimum Gasteiger partial charge on any atom is -0.444 e. The number of benzene rings is 2. The first-order chi connectivity index (χ1) is 17.6. The van der Waals surface area contributed by atoms with Crippen molar-refractivity contribution in [2.24, 2.45) is 7.05 Å². The van der Waals surface area contributed by atoms with Crippen LogP contribution in [-0.2, 0) is 27.7 Å². The number of nitrogens with one attached hydrogen (secondary N) is 1. The number of ether oxygens (including phenoxy) is 2. The van der Waals surface area contributed by atoms with Crippen LogP contribution in [0.25, 0.3) is 22.0 Å². The van der Waals surface area contributed by atoms with Gasteiger partial charge in [0.15, 0.2) is 6.10 Å². The highest BCUT2D eigenvalue weighted by molar-refractivity contribution is 5.84. The Labute approximate surface area is 216 Å². The van der Waals surface area contributed by atoms with Crippen LogP contribution in [0.5, 0.6) is 0 Å². The number of hydrogen-bond donors (Lipinski definition) is 1. The number of hydrogen-bond acceptors (Lipinski definition) is 6. The number of nitriles is 1. The van der Waals surface area contributed by atoms with Crippen molar-refractivity contribution in [3.05, 3.63) is 54.2 Å². The molecule has 194 valence electrons. The van der Waals surface area contributed by atoms with Crippen LogP contribution in [0, 0.1) is 11.3 Å². The van der Waals surface area contributed by atoms with E-state index < -0.39 is 29.7 Å². The average Bonchev–Trinajstić information content (AvgIpc) is 3.06. The molecule has 1 aliphatic heterocycles.